The molecule has 0 aliphatic carbocycles. The number of rotatable bonds is 8. The van der Waals surface area contributed by atoms with Gasteiger partial charge in [0.05, 0.1) is 4.90 Å². The molecule has 24 heavy (non-hydrogen) atoms. The van der Waals surface area contributed by atoms with Crippen LogP contribution in [0.4, 0.5) is 0 Å². The average Bonchev–Trinajstić information content (AvgIpc) is 3.05. The highest BCUT2D eigenvalue weighted by Crippen LogP contribution is 2.27. The molecule has 5 nitrogen and oxygen atoms in total. The summed E-state index contributed by atoms with van der Waals surface area (Å²) in [4.78, 5) is 12.6. The summed E-state index contributed by atoms with van der Waals surface area (Å²) < 4.78 is 26.9. The second-order valence-corrected chi connectivity index (χ2v) is 8.41. The van der Waals surface area contributed by atoms with Gasteiger partial charge in [0.15, 0.2) is 0 Å². The molecule has 0 radical (unpaired) electrons. The number of nitrogens with one attached hydrogen (secondary N) is 1. The van der Waals surface area contributed by atoms with E-state index in [0.29, 0.717) is 31.0 Å². The predicted octanol–water partition coefficient (Wildman–Crippen LogP) is 3.19. The van der Waals surface area contributed by atoms with Gasteiger partial charge in [0.1, 0.15) is 6.04 Å². The number of carbonyl (C=O) groups is 1. The van der Waals surface area contributed by atoms with Gasteiger partial charge in [0, 0.05) is 18.1 Å². The van der Waals surface area contributed by atoms with E-state index in [2.05, 4.69) is 12.2 Å². The topological polar surface area (TPSA) is 66.5 Å². The summed E-state index contributed by atoms with van der Waals surface area (Å²) in [6.07, 6.45) is 5.55. The molecule has 0 unspecified atom stereocenters. The molecule has 0 saturated carbocycles. The van der Waals surface area contributed by atoms with Crippen molar-refractivity contribution in [2.45, 2.75) is 56.4 Å². The van der Waals surface area contributed by atoms with Crippen molar-refractivity contribution in [1.29, 1.82) is 0 Å². The smallest absolute Gasteiger partial charge is 0.243 e. The Hall–Kier alpha value is -1.11. The summed E-state index contributed by atoms with van der Waals surface area (Å²) >= 11 is 5.82. The van der Waals surface area contributed by atoms with Gasteiger partial charge in [-0.3, -0.25) is 4.79 Å². The molecule has 1 amide bonds. The maximum Gasteiger partial charge on any atom is 0.243 e. The first-order chi connectivity index (χ1) is 11.5. The molecule has 1 N–H and O–H groups in total. The Morgan fingerprint density at radius 2 is 1.96 bits per heavy atom. The average molecular weight is 373 g/mol. The zero-order valence-electron chi connectivity index (χ0n) is 14.0. The lowest BCUT2D eigenvalue weighted by molar-refractivity contribution is -0.124. The second-order valence-electron chi connectivity index (χ2n) is 6.08. The minimum Gasteiger partial charge on any atom is -0.355 e. The highest BCUT2D eigenvalue weighted by atomic mass is 35.5. The molecular weight excluding hydrogens is 348 g/mol. The van der Waals surface area contributed by atoms with E-state index >= 15 is 0 Å². The Morgan fingerprint density at radius 1 is 1.25 bits per heavy atom. The van der Waals surface area contributed by atoms with E-state index in [4.69, 9.17) is 11.6 Å². The van der Waals surface area contributed by atoms with Crippen LogP contribution in [0.1, 0.15) is 45.4 Å². The summed E-state index contributed by atoms with van der Waals surface area (Å²) in [5, 5.41) is 3.36. The van der Waals surface area contributed by atoms with Crippen molar-refractivity contribution in [2.75, 3.05) is 13.1 Å². The molecule has 0 spiro atoms. The fraction of sp³-hybridized carbons (Fsp3) is 0.588. The molecule has 1 atom stereocenters. The van der Waals surface area contributed by atoms with Gasteiger partial charge in [0.25, 0.3) is 0 Å². The van der Waals surface area contributed by atoms with Gasteiger partial charge < -0.3 is 5.32 Å². The van der Waals surface area contributed by atoms with Crippen molar-refractivity contribution in [1.82, 2.24) is 9.62 Å². The van der Waals surface area contributed by atoms with Crippen molar-refractivity contribution in [3.8, 4) is 0 Å². The molecule has 1 heterocycles. The first kappa shape index (κ1) is 19.2. The van der Waals surface area contributed by atoms with Crippen LogP contribution < -0.4 is 5.32 Å². The Labute approximate surface area is 149 Å². The Balaban J connectivity index is 2.01. The van der Waals surface area contributed by atoms with Crippen molar-refractivity contribution in [3.63, 3.8) is 0 Å². The van der Waals surface area contributed by atoms with Crippen molar-refractivity contribution in [3.05, 3.63) is 29.3 Å². The molecule has 0 bridgehead atoms. The predicted molar refractivity (Wildman–Crippen MR) is 95.5 cm³/mol. The first-order valence-corrected chi connectivity index (χ1v) is 10.3. The zero-order valence-corrected chi connectivity index (χ0v) is 15.6. The summed E-state index contributed by atoms with van der Waals surface area (Å²) in [5.74, 6) is -0.193. The fourth-order valence-corrected chi connectivity index (χ4v) is 4.70. The number of benzene rings is 1. The van der Waals surface area contributed by atoms with Gasteiger partial charge in [-0.1, -0.05) is 37.8 Å². The van der Waals surface area contributed by atoms with Crippen LogP contribution in [0.15, 0.2) is 29.2 Å². The molecular formula is C17H25ClN2O3S. The minimum atomic E-state index is -3.68. The van der Waals surface area contributed by atoms with Crippen LogP contribution in [0.2, 0.25) is 5.02 Å². The van der Waals surface area contributed by atoms with Crippen molar-refractivity contribution < 1.29 is 13.2 Å². The van der Waals surface area contributed by atoms with Crippen LogP contribution in [0, 0.1) is 0 Å². The summed E-state index contributed by atoms with van der Waals surface area (Å²) in [5.41, 5.74) is 0. The van der Waals surface area contributed by atoms with Crippen LogP contribution in [-0.4, -0.2) is 37.8 Å². The highest BCUT2D eigenvalue weighted by molar-refractivity contribution is 7.89. The number of hydrogen-bond donors (Lipinski definition) is 1. The third-order valence-electron chi connectivity index (χ3n) is 4.26. The number of sulfonamides is 1. The molecule has 2 rings (SSSR count). The number of halogens is 1. The standard InChI is InChI=1S/C17H25ClN2O3S/c1-2-3-4-5-12-19-17(21)16-7-6-13-20(16)24(22,23)15-10-8-14(18)9-11-15/h8-11,16H,2-7,12-13H2,1H3,(H,19,21)/t16-/m1/s1. The number of hydrogen-bond acceptors (Lipinski definition) is 3. The van der Waals surface area contributed by atoms with E-state index in [0.717, 1.165) is 25.7 Å². The molecule has 1 saturated heterocycles. The number of carbonyl (C=O) groups excluding carboxylic acids is 1. The Morgan fingerprint density at radius 3 is 2.62 bits per heavy atom. The minimum absolute atomic E-state index is 0.176. The van der Waals surface area contributed by atoms with Crippen LogP contribution in [0.5, 0.6) is 0 Å². The Kier molecular flexibility index (Phi) is 7.07. The molecule has 1 aromatic rings. The Bertz CT molecular complexity index is 646. The summed E-state index contributed by atoms with van der Waals surface area (Å²) in [6.45, 7) is 3.11. The van der Waals surface area contributed by atoms with E-state index in [9.17, 15) is 13.2 Å². The molecule has 1 aliphatic rings. The maximum atomic E-state index is 12.8. The molecule has 1 fully saturated rings. The van der Waals surface area contributed by atoms with Gasteiger partial charge >= 0.3 is 0 Å². The van der Waals surface area contributed by atoms with Gasteiger partial charge in [0.2, 0.25) is 15.9 Å². The third-order valence-corrected chi connectivity index (χ3v) is 6.43. The van der Waals surface area contributed by atoms with Gasteiger partial charge in [-0.25, -0.2) is 8.42 Å². The number of nitrogens with zero attached hydrogens (tertiary/aromatic N) is 1. The highest BCUT2D eigenvalue weighted by Gasteiger charge is 2.39. The lowest BCUT2D eigenvalue weighted by atomic mass is 10.2. The SMILES string of the molecule is CCCCCCNC(=O)[C@H]1CCCN1S(=O)(=O)c1ccc(Cl)cc1. The van der Waals surface area contributed by atoms with Gasteiger partial charge in [-0.05, 0) is 43.5 Å². The van der Waals surface area contributed by atoms with Crippen LogP contribution in [-0.2, 0) is 14.8 Å². The molecule has 1 aliphatic heterocycles. The quantitative estimate of drug-likeness (QED) is 0.712. The zero-order chi connectivity index (χ0) is 17.6. The van der Waals surface area contributed by atoms with E-state index < -0.39 is 16.1 Å². The van der Waals surface area contributed by atoms with Gasteiger partial charge in [-0.15, -0.1) is 0 Å². The van der Waals surface area contributed by atoms with E-state index in [1.807, 2.05) is 0 Å². The van der Waals surface area contributed by atoms with E-state index in [-0.39, 0.29) is 10.8 Å². The summed E-state index contributed by atoms with van der Waals surface area (Å²) in [6, 6.07) is 5.45. The van der Waals surface area contributed by atoms with Crippen molar-refractivity contribution in [2.24, 2.45) is 0 Å². The number of amides is 1. The van der Waals surface area contributed by atoms with Gasteiger partial charge in [-0.2, -0.15) is 4.31 Å². The second kappa shape index (κ2) is 8.83. The van der Waals surface area contributed by atoms with Crippen LogP contribution in [0.3, 0.4) is 0 Å². The largest absolute Gasteiger partial charge is 0.355 e. The van der Waals surface area contributed by atoms with E-state index in [1.165, 1.54) is 16.4 Å². The number of unbranched alkanes of at least 4 members (excludes halogenated alkanes) is 3. The molecule has 134 valence electrons. The normalized spacial score (nSPS) is 18.7. The fourth-order valence-electron chi connectivity index (χ4n) is 2.91. The molecule has 0 aromatic heterocycles. The van der Waals surface area contributed by atoms with E-state index in [1.54, 1.807) is 12.1 Å². The maximum absolute atomic E-state index is 12.8. The first-order valence-electron chi connectivity index (χ1n) is 8.52. The summed E-state index contributed by atoms with van der Waals surface area (Å²) in [7, 11) is -3.68. The molecule has 1 aromatic carbocycles. The third kappa shape index (κ3) is 4.71. The van der Waals surface area contributed by atoms with Crippen LogP contribution in [0.25, 0.3) is 0 Å². The molecule has 7 heteroatoms. The monoisotopic (exact) mass is 372 g/mol. The lowest BCUT2D eigenvalue weighted by Crippen LogP contribution is -2.46. The van der Waals surface area contributed by atoms with Crippen molar-refractivity contribution >= 4 is 27.5 Å². The lowest BCUT2D eigenvalue weighted by Gasteiger charge is -2.23. The van der Waals surface area contributed by atoms with Crippen LogP contribution >= 0.6 is 11.6 Å².